The number of aryl methyl sites for hydroxylation is 1. The van der Waals surface area contributed by atoms with Crippen LogP contribution in [0.5, 0.6) is 11.5 Å². The van der Waals surface area contributed by atoms with E-state index in [9.17, 15) is 32.3 Å². The number of pyridine rings is 1. The van der Waals surface area contributed by atoms with E-state index in [-0.39, 0.29) is 40.5 Å². The summed E-state index contributed by atoms with van der Waals surface area (Å²) in [6.45, 7) is 1.42. The second-order valence-corrected chi connectivity index (χ2v) is 10.5. The Hall–Kier alpha value is -4.98. The molecule has 0 spiro atoms. The van der Waals surface area contributed by atoms with Gasteiger partial charge in [0.1, 0.15) is 41.3 Å². The highest BCUT2D eigenvalue weighted by molar-refractivity contribution is 5.96. The summed E-state index contributed by atoms with van der Waals surface area (Å²) in [5.74, 6) is -2.26. The molecular weight excluding hydrogens is 588 g/mol. The third kappa shape index (κ3) is 5.10. The van der Waals surface area contributed by atoms with E-state index in [1.54, 1.807) is 6.92 Å². The molecule has 4 N–H and O–H groups in total. The Morgan fingerprint density at radius 2 is 1.84 bits per heavy atom. The molecule has 1 unspecified atom stereocenters. The minimum absolute atomic E-state index is 0.0366. The van der Waals surface area contributed by atoms with Crippen LogP contribution in [-0.2, 0) is 15.8 Å². The maximum atomic E-state index is 14.7. The molecule has 0 radical (unpaired) electrons. The Labute approximate surface area is 247 Å². The second kappa shape index (κ2) is 10.9. The summed E-state index contributed by atoms with van der Waals surface area (Å²) in [6.07, 6.45) is -3.98. The largest absolute Gasteiger partial charge is 0.496 e. The number of halogens is 4. The number of carbonyl (C=O) groups is 2. The number of alkyl halides is 3. The zero-order valence-electron chi connectivity index (χ0n) is 23.6. The van der Waals surface area contributed by atoms with Gasteiger partial charge in [-0.3, -0.25) is 9.59 Å². The van der Waals surface area contributed by atoms with E-state index in [2.05, 4.69) is 15.5 Å². The van der Waals surface area contributed by atoms with Crippen molar-refractivity contribution in [3.63, 3.8) is 0 Å². The van der Waals surface area contributed by atoms with Gasteiger partial charge in [0.05, 0.1) is 25.0 Å². The fraction of sp³-hybridized carbons (Fsp3) is 0.267. The highest BCUT2D eigenvalue weighted by atomic mass is 19.4. The number of aromatic nitrogens is 2. The molecule has 44 heavy (non-hydrogen) atoms. The maximum absolute atomic E-state index is 14.7. The van der Waals surface area contributed by atoms with Crippen LogP contribution < -0.4 is 20.5 Å². The van der Waals surface area contributed by atoms with E-state index in [0.717, 1.165) is 18.2 Å². The van der Waals surface area contributed by atoms with E-state index >= 15 is 0 Å². The van der Waals surface area contributed by atoms with Crippen LogP contribution in [0, 0.1) is 12.7 Å². The molecule has 0 fully saturated rings. The average molecular weight is 615 g/mol. The first-order valence-electron chi connectivity index (χ1n) is 13.1. The van der Waals surface area contributed by atoms with Gasteiger partial charge >= 0.3 is 6.18 Å². The second-order valence-electron chi connectivity index (χ2n) is 10.5. The number of nitrogens with two attached hydrogens (primary N) is 1. The van der Waals surface area contributed by atoms with Crippen LogP contribution in [0.25, 0.3) is 22.4 Å². The Kier molecular flexibility index (Phi) is 7.58. The van der Waals surface area contributed by atoms with Crippen molar-refractivity contribution >= 4 is 11.8 Å². The lowest BCUT2D eigenvalue weighted by Gasteiger charge is -2.31. The summed E-state index contributed by atoms with van der Waals surface area (Å²) in [4.78, 5) is 29.5. The first-order valence-corrected chi connectivity index (χ1v) is 13.1. The number of benzene rings is 2. The Bertz CT molecular complexity index is 1760. The van der Waals surface area contributed by atoms with Gasteiger partial charge in [-0.25, -0.2) is 9.37 Å². The van der Waals surface area contributed by atoms with E-state index in [1.807, 2.05) is 0 Å². The fourth-order valence-corrected chi connectivity index (χ4v) is 4.85. The van der Waals surface area contributed by atoms with Gasteiger partial charge in [-0.15, -0.1) is 0 Å². The third-order valence-electron chi connectivity index (χ3n) is 7.64. The van der Waals surface area contributed by atoms with Crippen molar-refractivity contribution < 1.29 is 46.3 Å². The molecule has 0 aliphatic carbocycles. The lowest BCUT2D eigenvalue weighted by atomic mass is 9.81. The number of carbonyl (C=O) groups excluding carboxylic acids is 2. The first-order chi connectivity index (χ1) is 20.7. The van der Waals surface area contributed by atoms with Gasteiger partial charge in [-0.1, -0.05) is 5.16 Å². The SMILES string of the molecule is COc1cc(C(=O)NCC(O)(c2cc3c(c(-c4ccc(F)cc4)n2)OC[C@]3(C)C(N)=O)C(F)(F)F)ccc1-c1conc1C. The number of hydrogen-bond acceptors (Lipinski definition) is 8. The van der Waals surface area contributed by atoms with Crippen molar-refractivity contribution in [1.29, 1.82) is 0 Å². The number of aliphatic hydroxyl groups is 1. The molecule has 2 aromatic carbocycles. The van der Waals surface area contributed by atoms with Crippen molar-refractivity contribution in [2.24, 2.45) is 5.73 Å². The van der Waals surface area contributed by atoms with Gasteiger partial charge in [-0.05, 0) is 62.4 Å². The molecule has 4 aromatic rings. The van der Waals surface area contributed by atoms with Crippen molar-refractivity contribution in [3.05, 3.63) is 83.1 Å². The molecule has 14 heteroatoms. The van der Waals surface area contributed by atoms with Crippen molar-refractivity contribution in [3.8, 4) is 33.9 Å². The molecule has 2 amide bonds. The van der Waals surface area contributed by atoms with Crippen LogP contribution in [0.2, 0.25) is 0 Å². The zero-order chi connectivity index (χ0) is 32.0. The molecule has 2 atom stereocenters. The molecule has 3 heterocycles. The van der Waals surface area contributed by atoms with E-state index in [0.29, 0.717) is 16.8 Å². The minimum Gasteiger partial charge on any atom is -0.496 e. The zero-order valence-corrected chi connectivity index (χ0v) is 23.6. The number of fused-ring (bicyclic) bond motifs is 1. The molecule has 0 saturated heterocycles. The van der Waals surface area contributed by atoms with Gasteiger partial charge in [0, 0.05) is 27.8 Å². The number of primary amides is 1. The summed E-state index contributed by atoms with van der Waals surface area (Å²) in [5.41, 5.74) is 0.882. The van der Waals surface area contributed by atoms with Gasteiger partial charge in [0.2, 0.25) is 11.5 Å². The summed E-state index contributed by atoms with van der Waals surface area (Å²) in [5, 5.41) is 17.1. The van der Waals surface area contributed by atoms with Crippen LogP contribution in [-0.4, -0.2) is 53.5 Å². The predicted molar refractivity (Wildman–Crippen MR) is 147 cm³/mol. The summed E-state index contributed by atoms with van der Waals surface area (Å²) < 4.78 is 73.6. The number of methoxy groups -OCH3 is 1. The van der Waals surface area contributed by atoms with Gasteiger partial charge < -0.3 is 30.2 Å². The predicted octanol–water partition coefficient (Wildman–Crippen LogP) is 4.18. The van der Waals surface area contributed by atoms with E-state index < -0.39 is 47.1 Å². The molecule has 5 rings (SSSR count). The number of rotatable bonds is 8. The summed E-state index contributed by atoms with van der Waals surface area (Å²) in [6, 6.07) is 9.75. The maximum Gasteiger partial charge on any atom is 0.424 e. The van der Waals surface area contributed by atoms with Crippen molar-refractivity contribution in [2.45, 2.75) is 31.0 Å². The topological polar surface area (TPSA) is 150 Å². The number of ether oxygens (including phenoxy) is 2. The summed E-state index contributed by atoms with van der Waals surface area (Å²) >= 11 is 0. The lowest BCUT2D eigenvalue weighted by Crippen LogP contribution is -2.51. The Balaban J connectivity index is 1.54. The molecule has 0 saturated carbocycles. The van der Waals surface area contributed by atoms with E-state index in [4.69, 9.17) is 19.7 Å². The third-order valence-corrected chi connectivity index (χ3v) is 7.64. The molecule has 1 aliphatic heterocycles. The quantitative estimate of drug-likeness (QED) is 0.250. The molecule has 2 aromatic heterocycles. The van der Waals surface area contributed by atoms with Gasteiger partial charge in [0.15, 0.2) is 0 Å². The van der Waals surface area contributed by atoms with Crippen LogP contribution in [0.15, 0.2) is 59.3 Å². The Morgan fingerprint density at radius 1 is 1.14 bits per heavy atom. The molecule has 1 aliphatic rings. The van der Waals surface area contributed by atoms with E-state index in [1.165, 1.54) is 50.6 Å². The number of nitrogens with zero attached hydrogens (tertiary/aromatic N) is 2. The fourth-order valence-electron chi connectivity index (χ4n) is 4.85. The van der Waals surface area contributed by atoms with Gasteiger partial charge in [0.25, 0.3) is 5.91 Å². The number of hydrogen-bond donors (Lipinski definition) is 3. The van der Waals surface area contributed by atoms with Crippen LogP contribution >= 0.6 is 0 Å². The molecule has 230 valence electrons. The van der Waals surface area contributed by atoms with Crippen molar-refractivity contribution in [2.75, 3.05) is 20.3 Å². The monoisotopic (exact) mass is 614 g/mol. The standard InChI is InChI=1S/C30H26F4N4O6/c1-15-20(12-44-38-15)19-9-6-17(10-22(19)42-3)26(39)36-13-29(41,30(32,33)34)23-11-21-25(43-14-28(21,2)27(35)40)24(37-23)16-4-7-18(31)8-5-16/h4-12,41H,13-14H2,1-3H3,(H2,35,40)(H,36,39)/t28-,29?/m0/s1. The van der Waals surface area contributed by atoms with Crippen LogP contribution in [0.1, 0.15) is 34.2 Å². The lowest BCUT2D eigenvalue weighted by molar-refractivity contribution is -0.265. The van der Waals surface area contributed by atoms with Crippen LogP contribution in [0.3, 0.4) is 0 Å². The minimum atomic E-state index is -5.36. The van der Waals surface area contributed by atoms with Crippen molar-refractivity contribution in [1.82, 2.24) is 15.5 Å². The summed E-state index contributed by atoms with van der Waals surface area (Å²) in [7, 11) is 1.35. The first kappa shape index (κ1) is 30.5. The Morgan fingerprint density at radius 3 is 2.43 bits per heavy atom. The average Bonchev–Trinajstić information content (AvgIpc) is 3.58. The highest BCUT2D eigenvalue weighted by Crippen LogP contribution is 2.47. The molecule has 0 bridgehead atoms. The van der Waals surface area contributed by atoms with Crippen LogP contribution in [0.4, 0.5) is 17.6 Å². The molecule has 10 nitrogen and oxygen atoms in total. The number of nitrogens with one attached hydrogen (secondary N) is 1. The normalized spacial score (nSPS) is 17.4. The number of amides is 2. The smallest absolute Gasteiger partial charge is 0.424 e. The highest BCUT2D eigenvalue weighted by Gasteiger charge is 2.57. The van der Waals surface area contributed by atoms with Gasteiger partial charge in [-0.2, -0.15) is 13.2 Å². The molecular formula is C30H26F4N4O6.